The Hall–Kier alpha value is -3.55. The van der Waals surface area contributed by atoms with E-state index in [0.29, 0.717) is 41.2 Å². The number of carbonyl (C=O) groups is 2. The predicted molar refractivity (Wildman–Crippen MR) is 125 cm³/mol. The topological polar surface area (TPSA) is 101 Å². The van der Waals surface area contributed by atoms with Crippen LogP contribution in [0.1, 0.15) is 69.6 Å². The first-order valence-electron chi connectivity index (χ1n) is 11.0. The minimum atomic E-state index is -5.04. The molecule has 0 bridgehead atoms. The molecule has 1 unspecified atom stereocenters. The van der Waals surface area contributed by atoms with Gasteiger partial charge in [0, 0.05) is 32.3 Å². The summed E-state index contributed by atoms with van der Waals surface area (Å²) in [5.41, 5.74) is -2.47. The van der Waals surface area contributed by atoms with Crippen molar-refractivity contribution in [2.24, 2.45) is 0 Å². The number of hydrogen-bond donors (Lipinski definition) is 1. The highest BCUT2D eigenvalue weighted by Gasteiger charge is 2.37. The van der Waals surface area contributed by atoms with Crippen molar-refractivity contribution in [3.63, 3.8) is 0 Å². The van der Waals surface area contributed by atoms with Gasteiger partial charge in [0.1, 0.15) is 27.0 Å². The summed E-state index contributed by atoms with van der Waals surface area (Å²) in [5, 5.41) is 2.82. The summed E-state index contributed by atoms with van der Waals surface area (Å²) in [6, 6.07) is 0.107. The van der Waals surface area contributed by atoms with Crippen LogP contribution in [0.2, 0.25) is 0 Å². The van der Waals surface area contributed by atoms with Gasteiger partial charge in [0.05, 0.1) is 23.6 Å². The lowest BCUT2D eigenvalue weighted by molar-refractivity contribution is -0.141. The van der Waals surface area contributed by atoms with Gasteiger partial charge in [0.25, 0.3) is 17.7 Å². The number of halogens is 5. The van der Waals surface area contributed by atoms with E-state index >= 15 is 0 Å². The monoisotopic (exact) mass is 542 g/mol. The van der Waals surface area contributed by atoms with Crippen molar-refractivity contribution in [1.82, 2.24) is 30.2 Å². The normalized spacial score (nSPS) is 12.8. The van der Waals surface area contributed by atoms with Crippen LogP contribution in [0.15, 0.2) is 24.5 Å². The fourth-order valence-corrected chi connectivity index (χ4v) is 4.07. The van der Waals surface area contributed by atoms with Crippen LogP contribution in [0.5, 0.6) is 0 Å². The Labute approximate surface area is 213 Å². The molecule has 37 heavy (non-hydrogen) atoms. The third kappa shape index (κ3) is 6.42. The van der Waals surface area contributed by atoms with E-state index in [0.717, 1.165) is 11.3 Å². The molecule has 0 fully saturated rings. The highest BCUT2D eigenvalue weighted by atomic mass is 32.1. The Morgan fingerprint density at radius 2 is 1.73 bits per heavy atom. The Balaban J connectivity index is 1.96. The van der Waals surface area contributed by atoms with Gasteiger partial charge in [-0.1, -0.05) is 0 Å². The first-order chi connectivity index (χ1) is 17.1. The summed E-state index contributed by atoms with van der Waals surface area (Å²) in [5.74, 6) is -4.99. The molecule has 0 aromatic carbocycles. The molecule has 0 spiro atoms. The summed E-state index contributed by atoms with van der Waals surface area (Å²) in [6.07, 6.45) is -2.18. The predicted octanol–water partition coefficient (Wildman–Crippen LogP) is 5.02. The van der Waals surface area contributed by atoms with Crippen LogP contribution in [0.4, 0.5) is 22.0 Å². The van der Waals surface area contributed by atoms with E-state index in [2.05, 4.69) is 25.3 Å². The Kier molecular flexibility index (Phi) is 7.91. The zero-order chi connectivity index (χ0) is 27.7. The third-order valence-corrected chi connectivity index (χ3v) is 6.24. The quantitative estimate of drug-likeness (QED) is 0.421. The van der Waals surface area contributed by atoms with Crippen molar-refractivity contribution >= 4 is 23.2 Å². The van der Waals surface area contributed by atoms with Crippen molar-refractivity contribution in [3.8, 4) is 10.7 Å². The van der Waals surface area contributed by atoms with Crippen molar-refractivity contribution in [2.75, 3.05) is 13.6 Å². The molecule has 1 N–H and O–H groups in total. The summed E-state index contributed by atoms with van der Waals surface area (Å²) >= 11 is 1.07. The van der Waals surface area contributed by atoms with Gasteiger partial charge in [-0.3, -0.25) is 14.6 Å². The van der Waals surface area contributed by atoms with Gasteiger partial charge in [-0.15, -0.1) is 11.3 Å². The molecule has 2 amide bonds. The maximum Gasteiger partial charge on any atom is 0.433 e. The molecule has 0 radical (unpaired) electrons. The molecule has 0 aliphatic heterocycles. The van der Waals surface area contributed by atoms with Crippen LogP contribution in [0.25, 0.3) is 10.7 Å². The lowest BCUT2D eigenvalue weighted by atomic mass is 10.1. The van der Waals surface area contributed by atoms with Gasteiger partial charge in [-0.25, -0.2) is 15.0 Å². The zero-order valence-corrected chi connectivity index (χ0v) is 21.3. The van der Waals surface area contributed by atoms with Gasteiger partial charge in [0.2, 0.25) is 0 Å². The SMILES string of the molecule is CCN(C)C(=O)c1cnc(-c2ncc(C)nc2C(C)NC(=O)c2cc(C(C)(F)F)nc(C(F)(F)F)c2)s1. The van der Waals surface area contributed by atoms with Crippen molar-refractivity contribution < 1.29 is 31.5 Å². The number of aryl methyl sites for hydroxylation is 1. The fraction of sp³-hybridized carbons (Fsp3) is 0.391. The van der Waals surface area contributed by atoms with E-state index in [-0.39, 0.29) is 17.3 Å². The third-order valence-electron chi connectivity index (χ3n) is 5.25. The Morgan fingerprint density at radius 1 is 1.08 bits per heavy atom. The summed E-state index contributed by atoms with van der Waals surface area (Å²) < 4.78 is 67.4. The summed E-state index contributed by atoms with van der Waals surface area (Å²) in [6.45, 7) is 5.85. The Morgan fingerprint density at radius 3 is 2.32 bits per heavy atom. The van der Waals surface area contributed by atoms with Gasteiger partial charge in [0.15, 0.2) is 0 Å². The standard InChI is InChI=1S/C23H23F5N6O2S/c1-6-34(5)21(36)14-10-30-20(37-14)18-17(31-11(2)9-29-18)12(3)32-19(35)13-7-15(22(4,24)25)33-16(8-13)23(26,27)28/h7-10,12H,6H2,1-5H3,(H,32,35). The molecule has 198 valence electrons. The molecule has 3 heterocycles. The number of amides is 2. The molecule has 0 saturated heterocycles. The number of rotatable bonds is 7. The van der Waals surface area contributed by atoms with Crippen molar-refractivity contribution in [3.05, 3.63) is 57.7 Å². The number of alkyl halides is 5. The van der Waals surface area contributed by atoms with Crippen molar-refractivity contribution in [2.45, 2.75) is 45.8 Å². The summed E-state index contributed by atoms with van der Waals surface area (Å²) in [7, 11) is 1.64. The van der Waals surface area contributed by atoms with E-state index in [1.165, 1.54) is 24.2 Å². The average Bonchev–Trinajstić information content (AvgIpc) is 3.31. The molecule has 3 rings (SSSR count). The fourth-order valence-electron chi connectivity index (χ4n) is 3.16. The molecule has 14 heteroatoms. The second kappa shape index (κ2) is 10.4. The maximum absolute atomic E-state index is 13.8. The Bertz CT molecular complexity index is 1290. The molecule has 3 aromatic rings. The smallest absolute Gasteiger partial charge is 0.344 e. The minimum absolute atomic E-state index is 0.233. The second-order valence-electron chi connectivity index (χ2n) is 8.30. The molecule has 0 aliphatic rings. The lowest BCUT2D eigenvalue weighted by Gasteiger charge is -2.18. The second-order valence-corrected chi connectivity index (χ2v) is 9.33. The van der Waals surface area contributed by atoms with E-state index in [1.807, 2.05) is 6.92 Å². The number of carbonyl (C=O) groups excluding carboxylic acids is 2. The van der Waals surface area contributed by atoms with Crippen LogP contribution in [0, 0.1) is 6.92 Å². The molecule has 3 aromatic heterocycles. The lowest BCUT2D eigenvalue weighted by Crippen LogP contribution is -2.29. The van der Waals surface area contributed by atoms with E-state index in [4.69, 9.17) is 0 Å². The molecule has 0 saturated carbocycles. The highest BCUT2D eigenvalue weighted by Crippen LogP contribution is 2.33. The average molecular weight is 543 g/mol. The maximum atomic E-state index is 13.8. The van der Waals surface area contributed by atoms with Gasteiger partial charge in [-0.2, -0.15) is 22.0 Å². The molecular weight excluding hydrogens is 519 g/mol. The zero-order valence-electron chi connectivity index (χ0n) is 20.4. The van der Waals surface area contributed by atoms with E-state index in [1.54, 1.807) is 14.0 Å². The van der Waals surface area contributed by atoms with Crippen molar-refractivity contribution in [1.29, 1.82) is 0 Å². The van der Waals surface area contributed by atoms with Gasteiger partial charge in [-0.05, 0) is 32.9 Å². The van der Waals surface area contributed by atoms with E-state index in [9.17, 15) is 31.5 Å². The van der Waals surface area contributed by atoms with Crippen LogP contribution in [-0.4, -0.2) is 50.2 Å². The van der Waals surface area contributed by atoms with Crippen LogP contribution in [0.3, 0.4) is 0 Å². The highest BCUT2D eigenvalue weighted by molar-refractivity contribution is 7.16. The van der Waals surface area contributed by atoms with E-state index < -0.39 is 41.0 Å². The summed E-state index contributed by atoms with van der Waals surface area (Å²) in [4.78, 5) is 43.1. The molecule has 8 nitrogen and oxygen atoms in total. The number of nitrogens with zero attached hydrogens (tertiary/aromatic N) is 5. The number of nitrogens with one attached hydrogen (secondary N) is 1. The molecule has 1 atom stereocenters. The first kappa shape index (κ1) is 28.0. The van der Waals surface area contributed by atoms with Crippen LogP contribution in [-0.2, 0) is 12.1 Å². The largest absolute Gasteiger partial charge is 0.433 e. The number of pyridine rings is 1. The first-order valence-corrected chi connectivity index (χ1v) is 11.8. The molecular formula is C23H23F5N6O2S. The van der Waals surface area contributed by atoms with Crippen LogP contribution >= 0.6 is 11.3 Å². The molecule has 0 aliphatic carbocycles. The number of hydrogen-bond acceptors (Lipinski definition) is 7. The minimum Gasteiger partial charge on any atom is -0.344 e. The number of aromatic nitrogens is 4. The van der Waals surface area contributed by atoms with Gasteiger partial charge >= 0.3 is 6.18 Å². The number of thiazole rings is 1. The van der Waals surface area contributed by atoms with Crippen LogP contribution < -0.4 is 5.32 Å². The van der Waals surface area contributed by atoms with Gasteiger partial charge < -0.3 is 10.2 Å².